The molecule has 0 radical (unpaired) electrons. The van der Waals surface area contributed by atoms with Crippen LogP contribution in [0.15, 0.2) is 54.6 Å². The Labute approximate surface area is 142 Å². The van der Waals surface area contributed by atoms with Gasteiger partial charge in [-0.05, 0) is 31.2 Å². The molecule has 0 spiro atoms. The van der Waals surface area contributed by atoms with Crippen molar-refractivity contribution in [3.63, 3.8) is 0 Å². The van der Waals surface area contributed by atoms with Crippen molar-refractivity contribution in [3.05, 3.63) is 77.0 Å². The largest absolute Gasteiger partial charge is 0.365 e. The molecule has 0 unspecified atom stereocenters. The molecule has 0 bridgehead atoms. The van der Waals surface area contributed by atoms with E-state index >= 15 is 0 Å². The van der Waals surface area contributed by atoms with Crippen LogP contribution < -0.4 is 0 Å². The van der Waals surface area contributed by atoms with Crippen LogP contribution in [0, 0.1) is 6.92 Å². The van der Waals surface area contributed by atoms with Gasteiger partial charge in [0.05, 0.1) is 27.9 Å². The summed E-state index contributed by atoms with van der Waals surface area (Å²) in [5, 5.41) is 1.27. The Morgan fingerprint density at radius 3 is 2.24 bits per heavy atom. The third-order valence-corrected chi connectivity index (χ3v) is 4.07. The SMILES string of the molecule is Cc1nc2ccccc2cc1C(=O)ON1C(=O)c2ccccc2C1=O. The van der Waals surface area contributed by atoms with Gasteiger partial charge in [0.1, 0.15) is 0 Å². The number of hydroxylamine groups is 2. The number of carbonyl (C=O) groups excluding carboxylic acids is 3. The second-order valence-electron chi connectivity index (χ2n) is 5.64. The zero-order valence-electron chi connectivity index (χ0n) is 13.2. The summed E-state index contributed by atoms with van der Waals surface area (Å²) in [6, 6.07) is 15.3. The Hall–Kier alpha value is -3.54. The third kappa shape index (κ3) is 2.35. The lowest BCUT2D eigenvalue weighted by Gasteiger charge is -2.13. The number of pyridine rings is 1. The number of para-hydroxylation sites is 1. The van der Waals surface area contributed by atoms with Crippen molar-refractivity contribution in [2.24, 2.45) is 0 Å². The molecular weight excluding hydrogens is 320 g/mol. The molecule has 4 rings (SSSR count). The van der Waals surface area contributed by atoms with Crippen molar-refractivity contribution in [1.82, 2.24) is 10.0 Å². The first-order chi connectivity index (χ1) is 12.1. The van der Waals surface area contributed by atoms with Crippen molar-refractivity contribution in [1.29, 1.82) is 0 Å². The van der Waals surface area contributed by atoms with Crippen molar-refractivity contribution >= 4 is 28.7 Å². The maximum Gasteiger partial charge on any atom is 0.365 e. The predicted octanol–water partition coefficient (Wildman–Crippen LogP) is 2.91. The van der Waals surface area contributed by atoms with E-state index in [4.69, 9.17) is 4.84 Å². The van der Waals surface area contributed by atoms with E-state index in [9.17, 15) is 14.4 Å². The lowest BCUT2D eigenvalue weighted by molar-refractivity contribution is -0.0585. The van der Waals surface area contributed by atoms with E-state index in [1.807, 2.05) is 24.3 Å². The molecule has 0 saturated heterocycles. The number of carbonyl (C=O) groups is 3. The Morgan fingerprint density at radius 1 is 0.960 bits per heavy atom. The number of benzene rings is 2. The van der Waals surface area contributed by atoms with Crippen molar-refractivity contribution < 1.29 is 19.2 Å². The lowest BCUT2D eigenvalue weighted by Crippen LogP contribution is -2.33. The Morgan fingerprint density at radius 2 is 1.56 bits per heavy atom. The highest BCUT2D eigenvalue weighted by molar-refractivity contribution is 6.21. The fourth-order valence-electron chi connectivity index (χ4n) is 2.80. The average molecular weight is 332 g/mol. The molecule has 6 heteroatoms. The van der Waals surface area contributed by atoms with Gasteiger partial charge in [-0.15, -0.1) is 0 Å². The van der Waals surface area contributed by atoms with E-state index in [-0.39, 0.29) is 16.7 Å². The van der Waals surface area contributed by atoms with E-state index in [1.165, 1.54) is 12.1 Å². The molecule has 1 aliphatic heterocycles. The number of nitrogens with zero attached hydrogens (tertiary/aromatic N) is 2. The van der Waals surface area contributed by atoms with E-state index in [0.717, 1.165) is 10.9 Å². The molecule has 0 fully saturated rings. The van der Waals surface area contributed by atoms with E-state index in [1.54, 1.807) is 25.1 Å². The normalized spacial score (nSPS) is 13.2. The van der Waals surface area contributed by atoms with Gasteiger partial charge in [0.2, 0.25) is 0 Å². The molecule has 6 nitrogen and oxygen atoms in total. The molecule has 2 aromatic carbocycles. The smallest absolute Gasteiger partial charge is 0.324 e. The summed E-state index contributed by atoms with van der Waals surface area (Å²) in [6.07, 6.45) is 0. The summed E-state index contributed by atoms with van der Waals surface area (Å²) in [5.74, 6) is -2.11. The van der Waals surface area contributed by atoms with Crippen LogP contribution in [0.4, 0.5) is 0 Å². The number of aryl methyl sites for hydroxylation is 1. The van der Waals surface area contributed by atoms with Gasteiger partial charge >= 0.3 is 5.97 Å². The molecule has 0 atom stereocenters. The Bertz CT molecular complexity index is 1020. The maximum atomic E-state index is 12.5. The first-order valence-corrected chi connectivity index (χ1v) is 7.63. The standard InChI is InChI=1S/C19H12N2O4/c1-11-15(10-12-6-2-5-9-16(12)20-11)19(24)25-21-17(22)13-7-3-4-8-14(13)18(21)23/h2-10H,1H3. The minimum Gasteiger partial charge on any atom is -0.324 e. The molecule has 2 heterocycles. The van der Waals surface area contributed by atoms with Gasteiger partial charge in [-0.1, -0.05) is 35.4 Å². The maximum absolute atomic E-state index is 12.5. The summed E-state index contributed by atoms with van der Waals surface area (Å²) in [7, 11) is 0. The van der Waals surface area contributed by atoms with Crippen LogP contribution in [0.5, 0.6) is 0 Å². The van der Waals surface area contributed by atoms with Gasteiger partial charge in [0.15, 0.2) is 0 Å². The minimum absolute atomic E-state index is 0.204. The molecule has 122 valence electrons. The van der Waals surface area contributed by atoms with Gasteiger partial charge in [-0.3, -0.25) is 14.6 Å². The highest BCUT2D eigenvalue weighted by atomic mass is 16.7. The summed E-state index contributed by atoms with van der Waals surface area (Å²) >= 11 is 0. The molecule has 25 heavy (non-hydrogen) atoms. The molecule has 0 N–H and O–H groups in total. The number of hydrogen-bond donors (Lipinski definition) is 0. The summed E-state index contributed by atoms with van der Waals surface area (Å²) in [4.78, 5) is 46.5. The van der Waals surface area contributed by atoms with E-state index in [0.29, 0.717) is 10.8 Å². The van der Waals surface area contributed by atoms with Crippen molar-refractivity contribution in [2.75, 3.05) is 0 Å². The van der Waals surface area contributed by atoms with Gasteiger partial charge in [-0.25, -0.2) is 4.79 Å². The van der Waals surface area contributed by atoms with Crippen LogP contribution in [-0.2, 0) is 4.84 Å². The average Bonchev–Trinajstić information content (AvgIpc) is 2.86. The number of hydrogen-bond acceptors (Lipinski definition) is 5. The predicted molar refractivity (Wildman–Crippen MR) is 88.8 cm³/mol. The monoisotopic (exact) mass is 332 g/mol. The number of amides is 2. The number of aromatic nitrogens is 1. The second-order valence-corrected chi connectivity index (χ2v) is 5.64. The fourth-order valence-corrected chi connectivity index (χ4v) is 2.80. The molecule has 3 aromatic rings. The van der Waals surface area contributed by atoms with Gasteiger partial charge in [-0.2, -0.15) is 0 Å². The number of rotatable bonds is 2. The van der Waals surface area contributed by atoms with Crippen LogP contribution in [0.1, 0.15) is 36.8 Å². The zero-order valence-corrected chi connectivity index (χ0v) is 13.2. The Balaban J connectivity index is 1.66. The van der Waals surface area contributed by atoms with Gasteiger partial charge < -0.3 is 4.84 Å². The van der Waals surface area contributed by atoms with Crippen LogP contribution in [0.3, 0.4) is 0 Å². The van der Waals surface area contributed by atoms with Crippen LogP contribution >= 0.6 is 0 Å². The van der Waals surface area contributed by atoms with Crippen molar-refractivity contribution in [2.45, 2.75) is 6.92 Å². The van der Waals surface area contributed by atoms with E-state index in [2.05, 4.69) is 4.98 Å². The highest BCUT2D eigenvalue weighted by Crippen LogP contribution is 2.24. The number of imide groups is 1. The highest BCUT2D eigenvalue weighted by Gasteiger charge is 2.39. The third-order valence-electron chi connectivity index (χ3n) is 4.07. The number of fused-ring (bicyclic) bond motifs is 2. The molecular formula is C19H12N2O4. The molecule has 1 aromatic heterocycles. The second kappa shape index (κ2) is 5.52. The van der Waals surface area contributed by atoms with Crippen LogP contribution in [0.2, 0.25) is 0 Å². The molecule has 0 saturated carbocycles. The van der Waals surface area contributed by atoms with Crippen LogP contribution in [-0.4, -0.2) is 27.8 Å². The zero-order chi connectivity index (χ0) is 17.6. The van der Waals surface area contributed by atoms with E-state index < -0.39 is 17.8 Å². The lowest BCUT2D eigenvalue weighted by atomic mass is 10.1. The fraction of sp³-hybridized carbons (Fsp3) is 0.0526. The van der Waals surface area contributed by atoms with Gasteiger partial charge in [0, 0.05) is 5.39 Å². The summed E-state index contributed by atoms with van der Waals surface area (Å²) < 4.78 is 0. The molecule has 2 amide bonds. The minimum atomic E-state index is -0.801. The van der Waals surface area contributed by atoms with Crippen LogP contribution in [0.25, 0.3) is 10.9 Å². The first kappa shape index (κ1) is 15.0. The quantitative estimate of drug-likeness (QED) is 0.674. The first-order valence-electron chi connectivity index (χ1n) is 7.63. The molecule has 0 aliphatic carbocycles. The van der Waals surface area contributed by atoms with Crippen molar-refractivity contribution in [3.8, 4) is 0 Å². The molecule has 1 aliphatic rings. The Kier molecular flexibility index (Phi) is 3.32. The topological polar surface area (TPSA) is 76.6 Å². The van der Waals surface area contributed by atoms with Gasteiger partial charge in [0.25, 0.3) is 11.8 Å². The summed E-state index contributed by atoms with van der Waals surface area (Å²) in [6.45, 7) is 1.67. The summed E-state index contributed by atoms with van der Waals surface area (Å²) in [5.41, 5.74) is 1.84.